The molecule has 1 heterocycles. The molecule has 1 aliphatic heterocycles. The van der Waals surface area contributed by atoms with Gasteiger partial charge in [0.15, 0.2) is 5.82 Å². The fourth-order valence-corrected chi connectivity index (χ4v) is 2.36. The molecule has 8 heteroatoms. The molecule has 0 spiro atoms. The molecule has 0 aromatic heterocycles. The van der Waals surface area contributed by atoms with Crippen LogP contribution in [0.4, 0.5) is 14.5 Å². The van der Waals surface area contributed by atoms with Crippen molar-refractivity contribution in [3.8, 4) is 0 Å². The van der Waals surface area contributed by atoms with Gasteiger partial charge in [0, 0.05) is 30.5 Å². The van der Waals surface area contributed by atoms with Gasteiger partial charge in [0.1, 0.15) is 5.82 Å². The molecule has 1 fully saturated rings. The Hall–Kier alpha value is -1.85. The van der Waals surface area contributed by atoms with Crippen molar-refractivity contribution in [1.82, 2.24) is 0 Å². The minimum Gasteiger partial charge on any atom is -0.308 e. The van der Waals surface area contributed by atoms with Gasteiger partial charge in [-0.05, 0) is 17.5 Å². The highest BCUT2D eigenvalue weighted by atomic mass is 35.5. The lowest BCUT2D eigenvalue weighted by Crippen LogP contribution is -2.26. The van der Waals surface area contributed by atoms with Crippen LogP contribution in [0, 0.1) is 17.6 Å². The van der Waals surface area contributed by atoms with Gasteiger partial charge >= 0.3 is 0 Å². The number of amides is 1. The predicted octanol–water partition coefficient (Wildman–Crippen LogP) is 3.28. The SMILES string of the molecule is [N-]=[N+]=NCC1CC(=O)N(c2c(F)cc(F)cc2Cl)C1. The van der Waals surface area contributed by atoms with Gasteiger partial charge in [-0.1, -0.05) is 16.7 Å². The third kappa shape index (κ3) is 2.77. The number of anilines is 1. The Labute approximate surface area is 112 Å². The van der Waals surface area contributed by atoms with Crippen LogP contribution >= 0.6 is 11.6 Å². The van der Waals surface area contributed by atoms with Crippen molar-refractivity contribution >= 4 is 23.2 Å². The highest BCUT2D eigenvalue weighted by Gasteiger charge is 2.33. The van der Waals surface area contributed by atoms with Crippen LogP contribution in [0.25, 0.3) is 10.4 Å². The molecule has 0 aliphatic carbocycles. The summed E-state index contributed by atoms with van der Waals surface area (Å²) in [4.78, 5) is 15.6. The molecule has 1 aromatic carbocycles. The second-order valence-electron chi connectivity index (χ2n) is 4.21. The second-order valence-corrected chi connectivity index (χ2v) is 4.61. The summed E-state index contributed by atoms with van der Waals surface area (Å²) in [6.45, 7) is 0.347. The number of azide groups is 1. The van der Waals surface area contributed by atoms with Gasteiger partial charge in [0.2, 0.25) is 5.91 Å². The van der Waals surface area contributed by atoms with Crippen molar-refractivity contribution in [2.45, 2.75) is 6.42 Å². The van der Waals surface area contributed by atoms with Crippen LogP contribution < -0.4 is 4.90 Å². The van der Waals surface area contributed by atoms with E-state index >= 15 is 0 Å². The summed E-state index contributed by atoms with van der Waals surface area (Å²) in [5.41, 5.74) is 8.10. The number of nitrogens with zero attached hydrogens (tertiary/aromatic N) is 4. The minimum atomic E-state index is -0.886. The highest BCUT2D eigenvalue weighted by molar-refractivity contribution is 6.33. The quantitative estimate of drug-likeness (QED) is 0.477. The maximum absolute atomic E-state index is 13.7. The van der Waals surface area contributed by atoms with E-state index in [2.05, 4.69) is 10.0 Å². The average molecular weight is 287 g/mol. The van der Waals surface area contributed by atoms with Crippen LogP contribution in [0.5, 0.6) is 0 Å². The monoisotopic (exact) mass is 286 g/mol. The number of carbonyl (C=O) groups excluding carboxylic acids is 1. The lowest BCUT2D eigenvalue weighted by molar-refractivity contribution is -0.117. The molecule has 1 saturated heterocycles. The van der Waals surface area contributed by atoms with Crippen LogP contribution in [0.15, 0.2) is 17.2 Å². The topological polar surface area (TPSA) is 69.1 Å². The molecule has 1 aliphatic rings. The maximum Gasteiger partial charge on any atom is 0.227 e. The summed E-state index contributed by atoms with van der Waals surface area (Å²) >= 11 is 5.78. The lowest BCUT2D eigenvalue weighted by atomic mass is 10.1. The zero-order valence-corrected chi connectivity index (χ0v) is 10.4. The van der Waals surface area contributed by atoms with Gasteiger partial charge in [0.05, 0.1) is 10.7 Å². The molecule has 100 valence electrons. The van der Waals surface area contributed by atoms with E-state index in [1.165, 1.54) is 0 Å². The second kappa shape index (κ2) is 5.42. The third-order valence-electron chi connectivity index (χ3n) is 2.86. The largest absolute Gasteiger partial charge is 0.308 e. The van der Waals surface area contributed by atoms with Crippen LogP contribution in [0.3, 0.4) is 0 Å². The molecule has 1 amide bonds. The fraction of sp³-hybridized carbons (Fsp3) is 0.364. The number of rotatable bonds is 3. The Morgan fingerprint density at radius 3 is 2.89 bits per heavy atom. The number of halogens is 3. The smallest absolute Gasteiger partial charge is 0.227 e. The van der Waals surface area contributed by atoms with Gasteiger partial charge < -0.3 is 4.90 Å². The standard InChI is InChI=1S/C11H9ClF2N4O/c12-8-2-7(13)3-9(14)11(8)18-5-6(1-10(18)19)4-16-17-15/h2-3,6H,1,4-5H2. The van der Waals surface area contributed by atoms with Crippen LogP contribution in [0.2, 0.25) is 5.02 Å². The van der Waals surface area contributed by atoms with E-state index in [4.69, 9.17) is 17.1 Å². The fourth-order valence-electron chi connectivity index (χ4n) is 2.06. The molecule has 0 radical (unpaired) electrons. The molecule has 2 rings (SSSR count). The third-order valence-corrected chi connectivity index (χ3v) is 3.15. The van der Waals surface area contributed by atoms with Crippen molar-refractivity contribution < 1.29 is 13.6 Å². The Bertz CT molecular complexity index is 551. The summed E-state index contributed by atoms with van der Waals surface area (Å²) < 4.78 is 26.7. The van der Waals surface area contributed by atoms with Crippen molar-refractivity contribution in [2.75, 3.05) is 18.0 Å². The zero-order valence-electron chi connectivity index (χ0n) is 9.68. The van der Waals surface area contributed by atoms with Crippen LogP contribution in [-0.2, 0) is 4.79 Å². The van der Waals surface area contributed by atoms with E-state index in [9.17, 15) is 13.6 Å². The molecule has 0 saturated carbocycles. The molecule has 19 heavy (non-hydrogen) atoms. The normalized spacial score (nSPS) is 18.6. The van der Waals surface area contributed by atoms with Gasteiger partial charge in [0.25, 0.3) is 0 Å². The van der Waals surface area contributed by atoms with Gasteiger partial charge in [-0.25, -0.2) is 8.78 Å². The molecule has 0 N–H and O–H groups in total. The first-order valence-corrected chi connectivity index (χ1v) is 5.86. The lowest BCUT2D eigenvalue weighted by Gasteiger charge is -2.18. The van der Waals surface area contributed by atoms with Gasteiger partial charge in [-0.15, -0.1) is 0 Å². The first-order chi connectivity index (χ1) is 9.02. The summed E-state index contributed by atoms with van der Waals surface area (Å²) in [6.07, 6.45) is 0.145. The van der Waals surface area contributed by atoms with E-state index in [1.807, 2.05) is 0 Å². The summed E-state index contributed by atoms with van der Waals surface area (Å²) in [6, 6.07) is 1.63. The van der Waals surface area contributed by atoms with Crippen LogP contribution in [0.1, 0.15) is 6.42 Å². The Kier molecular flexibility index (Phi) is 3.87. The van der Waals surface area contributed by atoms with Crippen molar-refractivity contribution in [1.29, 1.82) is 0 Å². The highest BCUT2D eigenvalue weighted by Crippen LogP contribution is 2.34. The molecule has 1 aromatic rings. The van der Waals surface area contributed by atoms with E-state index in [1.54, 1.807) is 0 Å². The maximum atomic E-state index is 13.7. The molecule has 0 bridgehead atoms. The zero-order chi connectivity index (χ0) is 14.0. The first kappa shape index (κ1) is 13.6. The molecular weight excluding hydrogens is 278 g/mol. The Morgan fingerprint density at radius 1 is 1.53 bits per heavy atom. The van der Waals surface area contributed by atoms with Crippen molar-refractivity contribution in [2.24, 2.45) is 11.0 Å². The van der Waals surface area contributed by atoms with Crippen LogP contribution in [-0.4, -0.2) is 19.0 Å². The van der Waals surface area contributed by atoms with Crippen molar-refractivity contribution in [3.05, 3.63) is 39.2 Å². The Morgan fingerprint density at radius 2 is 2.26 bits per heavy atom. The van der Waals surface area contributed by atoms with E-state index in [-0.39, 0.29) is 42.0 Å². The van der Waals surface area contributed by atoms with E-state index in [0.29, 0.717) is 6.07 Å². The van der Waals surface area contributed by atoms with Crippen molar-refractivity contribution in [3.63, 3.8) is 0 Å². The molecule has 1 atom stereocenters. The van der Waals surface area contributed by atoms with Gasteiger partial charge in [-0.2, -0.15) is 0 Å². The van der Waals surface area contributed by atoms with E-state index in [0.717, 1.165) is 11.0 Å². The molecular formula is C11H9ClF2N4O. The number of hydrogen-bond acceptors (Lipinski definition) is 2. The first-order valence-electron chi connectivity index (χ1n) is 5.48. The molecule has 1 unspecified atom stereocenters. The Balaban J connectivity index is 2.28. The average Bonchev–Trinajstić information content (AvgIpc) is 2.67. The predicted molar refractivity (Wildman–Crippen MR) is 65.8 cm³/mol. The summed E-state index contributed by atoms with van der Waals surface area (Å²) in [7, 11) is 0. The summed E-state index contributed by atoms with van der Waals surface area (Å²) in [5.74, 6) is -2.21. The number of hydrogen-bond donors (Lipinski definition) is 0. The van der Waals surface area contributed by atoms with E-state index < -0.39 is 11.6 Å². The number of carbonyl (C=O) groups is 1. The minimum absolute atomic E-state index is 0.128. The van der Waals surface area contributed by atoms with Gasteiger partial charge in [-0.3, -0.25) is 4.79 Å². The number of benzene rings is 1. The molecule has 5 nitrogen and oxygen atoms in total. The summed E-state index contributed by atoms with van der Waals surface area (Å²) in [5, 5.41) is 3.23.